The van der Waals surface area contributed by atoms with Crippen LogP contribution < -0.4 is 0 Å². The minimum Gasteiger partial charge on any atom is -0.168 e. The molecule has 0 saturated heterocycles. The van der Waals surface area contributed by atoms with E-state index in [1.54, 1.807) is 0 Å². The summed E-state index contributed by atoms with van der Waals surface area (Å²) in [7, 11) is 0. The summed E-state index contributed by atoms with van der Waals surface area (Å²) in [5.74, 6) is 0. The number of hydrogen-bond donors (Lipinski definition) is 0. The number of hydrogen-bond acceptors (Lipinski definition) is 2. The van der Waals surface area contributed by atoms with E-state index in [-0.39, 0.29) is 50.3 Å². The fourth-order valence-corrected chi connectivity index (χ4v) is 0. The summed E-state index contributed by atoms with van der Waals surface area (Å²) in [6.07, 6.45) is 0. The molecule has 0 aliphatic rings. The average molecular weight is 245 g/mol. The maximum absolute atomic E-state index is 8.29. The first kappa shape index (κ1) is 26.4. The summed E-state index contributed by atoms with van der Waals surface area (Å²) in [5.41, 5.74) is 0. The fourth-order valence-electron chi connectivity index (χ4n) is 0. The van der Waals surface area contributed by atoms with Gasteiger partial charge in [0.25, 0.3) is 0 Å². The Kier molecular flexibility index (Phi) is 146. The summed E-state index contributed by atoms with van der Waals surface area (Å²) >= 11 is -0.750. The molecule has 0 bridgehead atoms. The van der Waals surface area contributed by atoms with Crippen molar-refractivity contribution in [2.75, 3.05) is 0 Å². The molecule has 2 radical (unpaired) electrons. The molecule has 0 aromatic carbocycles. The molecular weight excluding hydrogens is 245 g/mol. The molecule has 0 fully saturated rings. The Morgan fingerprint density at radius 1 is 1.17 bits per heavy atom. The van der Waals surface area contributed by atoms with Gasteiger partial charge in [0.1, 0.15) is 0 Å². The summed E-state index contributed by atoms with van der Waals surface area (Å²) in [4.78, 5) is 0. The van der Waals surface area contributed by atoms with Crippen LogP contribution >= 0.6 is 0 Å². The molecular formula is CoCuNiO2S. The second kappa shape index (κ2) is 33.0. The van der Waals surface area contributed by atoms with Crippen LogP contribution in [0.2, 0.25) is 0 Å². The van der Waals surface area contributed by atoms with Crippen LogP contribution in [0.1, 0.15) is 0 Å². The van der Waals surface area contributed by atoms with Crippen LogP contribution in [-0.4, -0.2) is 8.42 Å². The predicted octanol–water partition coefficient (Wildman–Crippen LogP) is -0.678. The van der Waals surface area contributed by atoms with Gasteiger partial charge in [-0.2, -0.15) is 8.42 Å². The van der Waals surface area contributed by atoms with Gasteiger partial charge in [-0.05, 0) is 0 Å². The van der Waals surface area contributed by atoms with Gasteiger partial charge in [-0.3, -0.25) is 0 Å². The Morgan fingerprint density at radius 3 is 1.17 bits per heavy atom. The van der Waals surface area contributed by atoms with Crippen molar-refractivity contribution in [2.24, 2.45) is 0 Å². The van der Waals surface area contributed by atoms with Gasteiger partial charge in [-0.1, -0.05) is 0 Å². The Labute approximate surface area is 70.0 Å². The molecule has 2 nitrogen and oxygen atoms in total. The van der Waals surface area contributed by atoms with E-state index in [9.17, 15) is 0 Å². The normalized spacial score (nSPS) is 2.00. The van der Waals surface area contributed by atoms with E-state index in [4.69, 9.17) is 8.42 Å². The maximum atomic E-state index is 8.29. The molecule has 0 N–H and O–H groups in total. The molecule has 0 aliphatic carbocycles. The zero-order valence-electron chi connectivity index (χ0n) is 2.18. The van der Waals surface area contributed by atoms with E-state index >= 15 is 0 Å². The van der Waals surface area contributed by atoms with Gasteiger partial charge < -0.3 is 0 Å². The molecule has 0 aromatic rings. The van der Waals surface area contributed by atoms with Crippen LogP contribution in [0.25, 0.3) is 0 Å². The Hall–Kier alpha value is 1.34. The van der Waals surface area contributed by atoms with Crippen molar-refractivity contribution < 1.29 is 58.8 Å². The molecule has 6 heavy (non-hydrogen) atoms. The van der Waals surface area contributed by atoms with Gasteiger partial charge in [0.15, 0.2) is 0 Å². The van der Waals surface area contributed by atoms with Crippen molar-refractivity contribution in [2.45, 2.75) is 0 Å². The van der Waals surface area contributed by atoms with E-state index in [1.807, 2.05) is 0 Å². The van der Waals surface area contributed by atoms with Crippen molar-refractivity contribution in [3.05, 3.63) is 0 Å². The van der Waals surface area contributed by atoms with Crippen LogP contribution in [0.15, 0.2) is 0 Å². The van der Waals surface area contributed by atoms with Gasteiger partial charge in [0.2, 0.25) is 0 Å². The molecule has 0 aliphatic heterocycles. The van der Waals surface area contributed by atoms with Crippen LogP contribution in [-0.2, 0) is 61.9 Å². The van der Waals surface area contributed by atoms with Gasteiger partial charge in [-0.15, -0.1) is 0 Å². The van der Waals surface area contributed by atoms with Gasteiger partial charge in [0.05, 0.1) is 0 Å². The molecule has 6 heteroatoms. The summed E-state index contributed by atoms with van der Waals surface area (Å²) in [5, 5.41) is 0. The molecule has 0 amide bonds. The topological polar surface area (TPSA) is 34.1 Å². The van der Waals surface area contributed by atoms with Crippen molar-refractivity contribution in [1.29, 1.82) is 0 Å². The Bertz CT molecular complexity index is 34.5. The third kappa shape index (κ3) is 56.0. The first-order valence-electron chi connectivity index (χ1n) is 0.333. The second-order valence-corrected chi connectivity index (χ2v) is 0.204. The van der Waals surface area contributed by atoms with Gasteiger partial charge >= 0.3 is 11.6 Å². The number of rotatable bonds is 0. The van der Waals surface area contributed by atoms with Crippen molar-refractivity contribution in [3.8, 4) is 0 Å². The van der Waals surface area contributed by atoms with Crippen LogP contribution in [0.3, 0.4) is 0 Å². The second-order valence-electron chi connectivity index (χ2n) is 0.0680. The fraction of sp³-hybridized carbons (Fsp3) is 0. The van der Waals surface area contributed by atoms with Gasteiger partial charge in [-0.25, -0.2) is 0 Å². The van der Waals surface area contributed by atoms with E-state index in [0.29, 0.717) is 0 Å². The van der Waals surface area contributed by atoms with E-state index in [0.717, 1.165) is 0 Å². The predicted molar refractivity (Wildman–Crippen MR) is 8.92 cm³/mol. The summed E-state index contributed by atoms with van der Waals surface area (Å²) < 4.78 is 16.6. The minimum atomic E-state index is -0.750. The standard InChI is InChI=1S/Co.Cu.Ni.O2S/c;;;1-3-2. The first-order chi connectivity index (χ1) is 1.41. The Morgan fingerprint density at radius 2 is 1.17 bits per heavy atom. The van der Waals surface area contributed by atoms with E-state index < -0.39 is 11.6 Å². The SMILES string of the molecule is O=S=O.[Co].[Cu].[Ni]. The molecule has 0 heterocycles. The molecule has 48 valence electrons. The third-order valence-electron chi connectivity index (χ3n) is 0. The average Bonchev–Trinajstić information content (AvgIpc) is 0.918. The zero-order valence-corrected chi connectivity index (χ0v) is 5.96. The summed E-state index contributed by atoms with van der Waals surface area (Å²) in [6.45, 7) is 0. The quantitative estimate of drug-likeness (QED) is 0.530. The molecule has 0 rings (SSSR count). The smallest absolute Gasteiger partial charge is 0.168 e. The van der Waals surface area contributed by atoms with Crippen molar-refractivity contribution in [3.63, 3.8) is 0 Å². The van der Waals surface area contributed by atoms with Crippen LogP contribution in [0.4, 0.5) is 0 Å². The summed E-state index contributed by atoms with van der Waals surface area (Å²) in [6, 6.07) is 0. The Balaban J connectivity index is -0.00000000667. The molecule has 0 unspecified atom stereocenters. The molecule has 0 atom stereocenters. The molecule has 0 spiro atoms. The van der Waals surface area contributed by atoms with E-state index in [2.05, 4.69) is 0 Å². The first-order valence-corrected chi connectivity index (χ1v) is 1.00. The minimum absolute atomic E-state index is 0. The molecule has 0 saturated carbocycles. The van der Waals surface area contributed by atoms with Gasteiger partial charge in [0, 0.05) is 50.3 Å². The zero-order chi connectivity index (χ0) is 2.71. The largest absolute Gasteiger partial charge is 0.335 e. The van der Waals surface area contributed by atoms with Crippen molar-refractivity contribution in [1.82, 2.24) is 0 Å². The monoisotopic (exact) mass is 244 g/mol. The van der Waals surface area contributed by atoms with E-state index in [1.165, 1.54) is 0 Å². The third-order valence-corrected chi connectivity index (χ3v) is 0. The van der Waals surface area contributed by atoms with Crippen LogP contribution in [0, 0.1) is 0 Å². The van der Waals surface area contributed by atoms with Crippen molar-refractivity contribution >= 4 is 11.6 Å². The molecule has 0 aromatic heterocycles. The van der Waals surface area contributed by atoms with Crippen LogP contribution in [0.5, 0.6) is 0 Å². The maximum Gasteiger partial charge on any atom is 0.335 e.